The fraction of sp³-hybridized carbons (Fsp3) is 0.750. The summed E-state index contributed by atoms with van der Waals surface area (Å²) in [5.74, 6) is 0.537. The Hall–Kier alpha value is -0.980. The predicted octanol–water partition coefficient (Wildman–Crippen LogP) is 2.19. The van der Waals surface area contributed by atoms with Gasteiger partial charge in [-0.3, -0.25) is 4.79 Å². The van der Waals surface area contributed by atoms with Gasteiger partial charge in [0.05, 0.1) is 23.4 Å². The SMILES string of the molecule is Cc1nc(C2CCCOC2)sc1C(=O)N1CCC(O)C(C)C1. The zero-order valence-electron chi connectivity index (χ0n) is 13.2. The van der Waals surface area contributed by atoms with E-state index < -0.39 is 0 Å². The minimum Gasteiger partial charge on any atom is -0.393 e. The third-order valence-corrected chi connectivity index (χ3v) is 5.97. The van der Waals surface area contributed by atoms with Gasteiger partial charge in [-0.2, -0.15) is 0 Å². The van der Waals surface area contributed by atoms with E-state index in [0.29, 0.717) is 32.0 Å². The summed E-state index contributed by atoms with van der Waals surface area (Å²) in [4.78, 5) is 20.0. The Morgan fingerprint density at radius 1 is 1.45 bits per heavy atom. The number of carbonyl (C=O) groups excluding carboxylic acids is 1. The van der Waals surface area contributed by atoms with Crippen LogP contribution in [0.25, 0.3) is 0 Å². The molecule has 1 N–H and O–H groups in total. The van der Waals surface area contributed by atoms with E-state index >= 15 is 0 Å². The van der Waals surface area contributed by atoms with Crippen molar-refractivity contribution in [2.24, 2.45) is 5.92 Å². The van der Waals surface area contributed by atoms with Crippen molar-refractivity contribution in [1.82, 2.24) is 9.88 Å². The summed E-state index contributed by atoms with van der Waals surface area (Å²) in [6, 6.07) is 0. The maximum atomic E-state index is 12.8. The van der Waals surface area contributed by atoms with Crippen LogP contribution < -0.4 is 0 Å². The number of hydrogen-bond acceptors (Lipinski definition) is 5. The van der Waals surface area contributed by atoms with Crippen LogP contribution in [0.5, 0.6) is 0 Å². The maximum absolute atomic E-state index is 12.8. The van der Waals surface area contributed by atoms with Gasteiger partial charge in [-0.25, -0.2) is 4.98 Å². The molecule has 6 heteroatoms. The number of piperidine rings is 1. The van der Waals surface area contributed by atoms with Crippen LogP contribution in [0.15, 0.2) is 0 Å². The van der Waals surface area contributed by atoms with Crippen molar-refractivity contribution in [3.8, 4) is 0 Å². The lowest BCUT2D eigenvalue weighted by Gasteiger charge is -2.34. The molecule has 1 aromatic heterocycles. The van der Waals surface area contributed by atoms with Gasteiger partial charge in [-0.1, -0.05) is 6.92 Å². The Bertz CT molecular complexity index is 539. The molecule has 0 saturated carbocycles. The van der Waals surface area contributed by atoms with Crippen LogP contribution in [-0.2, 0) is 4.74 Å². The Kier molecular flexibility index (Phi) is 4.80. The van der Waals surface area contributed by atoms with Crippen LogP contribution in [0, 0.1) is 12.8 Å². The zero-order chi connectivity index (χ0) is 15.7. The highest BCUT2D eigenvalue weighted by Gasteiger charge is 2.30. The van der Waals surface area contributed by atoms with Gasteiger partial charge in [0.2, 0.25) is 0 Å². The molecule has 3 atom stereocenters. The average molecular weight is 324 g/mol. The van der Waals surface area contributed by atoms with Gasteiger partial charge in [-0.05, 0) is 32.1 Å². The van der Waals surface area contributed by atoms with Crippen LogP contribution >= 0.6 is 11.3 Å². The molecule has 2 aliphatic rings. The maximum Gasteiger partial charge on any atom is 0.265 e. The number of amides is 1. The van der Waals surface area contributed by atoms with Crippen molar-refractivity contribution in [3.63, 3.8) is 0 Å². The minimum atomic E-state index is -0.290. The first-order valence-electron chi connectivity index (χ1n) is 8.08. The zero-order valence-corrected chi connectivity index (χ0v) is 14.1. The molecule has 0 spiro atoms. The van der Waals surface area contributed by atoms with E-state index in [1.54, 1.807) is 0 Å². The van der Waals surface area contributed by atoms with Crippen molar-refractivity contribution in [3.05, 3.63) is 15.6 Å². The second-order valence-electron chi connectivity index (χ2n) is 6.47. The first-order valence-corrected chi connectivity index (χ1v) is 8.90. The Morgan fingerprint density at radius 2 is 2.27 bits per heavy atom. The van der Waals surface area contributed by atoms with Crippen LogP contribution in [-0.4, -0.2) is 53.3 Å². The van der Waals surface area contributed by atoms with Crippen molar-refractivity contribution < 1.29 is 14.6 Å². The third kappa shape index (κ3) is 3.19. The number of aliphatic hydroxyl groups is 1. The molecular formula is C16H24N2O3S. The molecule has 2 fully saturated rings. The summed E-state index contributed by atoms with van der Waals surface area (Å²) in [6.45, 7) is 6.71. The van der Waals surface area contributed by atoms with Crippen molar-refractivity contribution in [2.75, 3.05) is 26.3 Å². The molecule has 3 rings (SSSR count). The highest BCUT2D eigenvalue weighted by molar-refractivity contribution is 7.13. The summed E-state index contributed by atoms with van der Waals surface area (Å²) < 4.78 is 5.53. The normalized spacial score (nSPS) is 29.6. The topological polar surface area (TPSA) is 62.7 Å². The van der Waals surface area contributed by atoms with Crippen LogP contribution in [0.3, 0.4) is 0 Å². The number of hydrogen-bond donors (Lipinski definition) is 1. The summed E-state index contributed by atoms with van der Waals surface area (Å²) in [7, 11) is 0. The van der Waals surface area contributed by atoms with Crippen LogP contribution in [0.2, 0.25) is 0 Å². The number of likely N-dealkylation sites (tertiary alicyclic amines) is 1. The van der Waals surface area contributed by atoms with Crippen molar-refractivity contribution >= 4 is 17.2 Å². The lowest BCUT2D eigenvalue weighted by molar-refractivity contribution is 0.0300. The molecule has 122 valence electrons. The molecule has 3 unspecified atom stereocenters. The highest BCUT2D eigenvalue weighted by Crippen LogP contribution is 2.32. The van der Waals surface area contributed by atoms with Gasteiger partial charge in [0.1, 0.15) is 4.88 Å². The lowest BCUT2D eigenvalue weighted by atomic mass is 9.96. The number of aryl methyl sites for hydroxylation is 1. The molecule has 5 nitrogen and oxygen atoms in total. The van der Waals surface area contributed by atoms with E-state index in [0.717, 1.165) is 35.0 Å². The minimum absolute atomic E-state index is 0.0664. The summed E-state index contributed by atoms with van der Waals surface area (Å²) in [5.41, 5.74) is 0.828. The molecule has 0 aliphatic carbocycles. The number of aromatic nitrogens is 1. The van der Waals surface area contributed by atoms with E-state index in [2.05, 4.69) is 4.98 Å². The number of carbonyl (C=O) groups is 1. The van der Waals surface area contributed by atoms with Gasteiger partial charge in [0, 0.05) is 25.6 Å². The molecule has 1 amide bonds. The standard InChI is InChI=1S/C16H24N2O3S/c1-10-8-18(6-5-13(10)19)16(20)14-11(2)17-15(22-14)12-4-3-7-21-9-12/h10,12-13,19H,3-9H2,1-2H3. The predicted molar refractivity (Wildman–Crippen MR) is 85.3 cm³/mol. The fourth-order valence-corrected chi connectivity index (χ4v) is 4.34. The van der Waals surface area contributed by atoms with Gasteiger partial charge in [-0.15, -0.1) is 11.3 Å². The molecule has 0 aromatic carbocycles. The van der Waals surface area contributed by atoms with Crippen LogP contribution in [0.4, 0.5) is 0 Å². The van der Waals surface area contributed by atoms with Crippen molar-refractivity contribution in [1.29, 1.82) is 0 Å². The smallest absolute Gasteiger partial charge is 0.265 e. The number of ether oxygens (including phenoxy) is 1. The quantitative estimate of drug-likeness (QED) is 0.906. The number of aliphatic hydroxyl groups excluding tert-OH is 1. The number of nitrogens with zero attached hydrogens (tertiary/aromatic N) is 2. The monoisotopic (exact) mass is 324 g/mol. The summed E-state index contributed by atoms with van der Waals surface area (Å²) in [6.07, 6.45) is 2.52. The molecule has 1 aromatic rings. The summed E-state index contributed by atoms with van der Waals surface area (Å²) in [5, 5.41) is 10.8. The third-order valence-electron chi connectivity index (χ3n) is 4.66. The van der Waals surface area contributed by atoms with Crippen LogP contribution in [0.1, 0.15) is 52.5 Å². The largest absolute Gasteiger partial charge is 0.393 e. The first kappa shape index (κ1) is 15.9. The number of rotatable bonds is 2. The second kappa shape index (κ2) is 6.64. The van der Waals surface area contributed by atoms with Gasteiger partial charge in [0.25, 0.3) is 5.91 Å². The van der Waals surface area contributed by atoms with Crippen molar-refractivity contribution in [2.45, 2.75) is 45.1 Å². The first-order chi connectivity index (χ1) is 10.6. The Morgan fingerprint density at radius 3 is 2.95 bits per heavy atom. The Labute approximate surface area is 135 Å². The molecule has 2 aliphatic heterocycles. The molecule has 0 bridgehead atoms. The molecule has 22 heavy (non-hydrogen) atoms. The lowest BCUT2D eigenvalue weighted by Crippen LogP contribution is -2.44. The Balaban J connectivity index is 1.74. The molecule has 3 heterocycles. The van der Waals surface area contributed by atoms with E-state index in [-0.39, 0.29) is 17.9 Å². The molecule has 2 saturated heterocycles. The van der Waals surface area contributed by atoms with Gasteiger partial charge < -0.3 is 14.7 Å². The van der Waals surface area contributed by atoms with E-state index in [1.807, 2.05) is 18.7 Å². The van der Waals surface area contributed by atoms with E-state index in [4.69, 9.17) is 4.74 Å². The fourth-order valence-electron chi connectivity index (χ4n) is 3.19. The number of thiazole rings is 1. The highest BCUT2D eigenvalue weighted by atomic mass is 32.1. The summed E-state index contributed by atoms with van der Waals surface area (Å²) >= 11 is 1.52. The molecular weight excluding hydrogens is 300 g/mol. The van der Waals surface area contributed by atoms with Gasteiger partial charge in [0.15, 0.2) is 0 Å². The average Bonchev–Trinajstić information content (AvgIpc) is 2.92. The second-order valence-corrected chi connectivity index (χ2v) is 7.50. The van der Waals surface area contributed by atoms with E-state index in [1.165, 1.54) is 11.3 Å². The van der Waals surface area contributed by atoms with E-state index in [9.17, 15) is 9.90 Å². The molecule has 0 radical (unpaired) electrons. The van der Waals surface area contributed by atoms with Gasteiger partial charge >= 0.3 is 0 Å².